The minimum Gasteiger partial charge on any atom is -0.384 e. The summed E-state index contributed by atoms with van der Waals surface area (Å²) in [5.74, 6) is 0.460. The average molecular weight is 274 g/mol. The van der Waals surface area contributed by atoms with Crippen LogP contribution in [0.4, 0.5) is 11.4 Å². The molecule has 0 aliphatic rings. The summed E-state index contributed by atoms with van der Waals surface area (Å²) in [5.41, 5.74) is 1.33. The molecule has 0 saturated carbocycles. The Bertz CT molecular complexity index is 615. The lowest BCUT2D eigenvalue weighted by molar-refractivity contribution is -0.383. The molecule has 0 fully saturated rings. The lowest BCUT2D eigenvalue weighted by Crippen LogP contribution is -2.22. The quantitative estimate of drug-likeness (QED) is 0.624. The van der Waals surface area contributed by atoms with E-state index < -0.39 is 4.92 Å². The van der Waals surface area contributed by atoms with Crippen LogP contribution in [0, 0.1) is 16.0 Å². The van der Waals surface area contributed by atoms with E-state index in [4.69, 9.17) is 0 Å². The molecule has 20 heavy (non-hydrogen) atoms. The Hall–Kier alpha value is -2.21. The smallest absolute Gasteiger partial charge is 0.295 e. The van der Waals surface area contributed by atoms with Gasteiger partial charge in [-0.3, -0.25) is 10.1 Å². The van der Waals surface area contributed by atoms with Gasteiger partial charge in [-0.2, -0.15) is 0 Å². The van der Waals surface area contributed by atoms with E-state index in [0.717, 1.165) is 24.2 Å². The maximum atomic E-state index is 11.0. The number of hydrogen-bond acceptors (Lipinski definition) is 5. The van der Waals surface area contributed by atoms with Crippen molar-refractivity contribution in [3.8, 4) is 0 Å². The molecule has 0 spiro atoms. The first-order chi connectivity index (χ1) is 9.63. The number of nitrogens with zero attached hydrogens (tertiary/aromatic N) is 2. The molecular formula is C14H18N4O2. The molecule has 2 rings (SSSR count). The Morgan fingerprint density at radius 1 is 1.35 bits per heavy atom. The monoisotopic (exact) mass is 274 g/mol. The molecule has 0 bridgehead atoms. The van der Waals surface area contributed by atoms with Gasteiger partial charge in [-0.05, 0) is 37.7 Å². The third-order valence-electron chi connectivity index (χ3n) is 3.14. The second-order valence-electron chi connectivity index (χ2n) is 4.83. The van der Waals surface area contributed by atoms with Gasteiger partial charge in [-0.15, -0.1) is 0 Å². The third kappa shape index (κ3) is 3.03. The minimum atomic E-state index is -0.400. The molecular weight excluding hydrogens is 256 g/mol. The van der Waals surface area contributed by atoms with E-state index in [9.17, 15) is 10.1 Å². The molecule has 2 N–H and O–H groups in total. The number of fused-ring (bicyclic) bond motifs is 1. The number of pyridine rings is 1. The highest BCUT2D eigenvalue weighted by molar-refractivity contribution is 5.96. The number of nitro benzene ring substituents is 1. The van der Waals surface area contributed by atoms with E-state index >= 15 is 0 Å². The number of nitro groups is 1. The molecule has 1 heterocycles. The summed E-state index contributed by atoms with van der Waals surface area (Å²) in [7, 11) is 1.92. The fourth-order valence-electron chi connectivity index (χ4n) is 2.16. The van der Waals surface area contributed by atoms with Crippen molar-refractivity contribution >= 4 is 22.3 Å². The molecule has 0 aliphatic carbocycles. The van der Waals surface area contributed by atoms with Crippen LogP contribution in [0.2, 0.25) is 0 Å². The zero-order valence-corrected chi connectivity index (χ0v) is 11.6. The molecule has 0 saturated heterocycles. The largest absolute Gasteiger partial charge is 0.384 e. The Kier molecular flexibility index (Phi) is 4.47. The normalized spacial score (nSPS) is 12.3. The zero-order chi connectivity index (χ0) is 14.5. The van der Waals surface area contributed by atoms with Gasteiger partial charge >= 0.3 is 0 Å². The molecule has 6 nitrogen and oxygen atoms in total. The van der Waals surface area contributed by atoms with Gasteiger partial charge in [-0.1, -0.05) is 6.92 Å². The van der Waals surface area contributed by atoms with E-state index in [0.29, 0.717) is 11.4 Å². The Morgan fingerprint density at radius 2 is 2.15 bits per heavy atom. The van der Waals surface area contributed by atoms with Gasteiger partial charge in [0, 0.05) is 29.9 Å². The van der Waals surface area contributed by atoms with Crippen LogP contribution in [-0.2, 0) is 0 Å². The lowest BCUT2D eigenvalue weighted by Gasteiger charge is -2.14. The summed E-state index contributed by atoms with van der Waals surface area (Å²) in [4.78, 5) is 14.7. The van der Waals surface area contributed by atoms with Crippen molar-refractivity contribution in [1.29, 1.82) is 0 Å². The number of hydrogen-bond donors (Lipinski definition) is 2. The van der Waals surface area contributed by atoms with Crippen LogP contribution in [0.1, 0.15) is 6.92 Å². The van der Waals surface area contributed by atoms with Crippen LogP contribution in [0.3, 0.4) is 0 Å². The molecule has 6 heteroatoms. The van der Waals surface area contributed by atoms with Crippen LogP contribution < -0.4 is 10.6 Å². The van der Waals surface area contributed by atoms with E-state index in [-0.39, 0.29) is 5.69 Å². The summed E-state index contributed by atoms with van der Waals surface area (Å²) >= 11 is 0. The summed E-state index contributed by atoms with van der Waals surface area (Å²) in [5, 5.41) is 18.2. The van der Waals surface area contributed by atoms with Crippen molar-refractivity contribution in [2.24, 2.45) is 5.92 Å². The Morgan fingerprint density at radius 3 is 2.85 bits per heavy atom. The minimum absolute atomic E-state index is 0.0365. The highest BCUT2D eigenvalue weighted by Crippen LogP contribution is 2.29. The fraction of sp³-hybridized carbons (Fsp3) is 0.357. The molecule has 0 amide bonds. The Labute approximate surface area is 117 Å². The van der Waals surface area contributed by atoms with E-state index in [1.807, 2.05) is 13.1 Å². The fourth-order valence-corrected chi connectivity index (χ4v) is 2.16. The zero-order valence-electron chi connectivity index (χ0n) is 11.6. The summed E-state index contributed by atoms with van der Waals surface area (Å²) in [6.07, 6.45) is 1.57. The van der Waals surface area contributed by atoms with Gasteiger partial charge in [0.2, 0.25) is 0 Å². The first-order valence-electron chi connectivity index (χ1n) is 6.54. The van der Waals surface area contributed by atoms with Gasteiger partial charge in [0.1, 0.15) is 5.52 Å². The molecule has 1 atom stereocenters. The van der Waals surface area contributed by atoms with Gasteiger partial charge in [0.15, 0.2) is 0 Å². The first-order valence-corrected chi connectivity index (χ1v) is 6.54. The number of anilines is 1. The number of aromatic nitrogens is 1. The average Bonchev–Trinajstić information content (AvgIpc) is 2.44. The lowest BCUT2D eigenvalue weighted by atomic mass is 10.1. The van der Waals surface area contributed by atoms with Crippen LogP contribution in [0.15, 0.2) is 30.5 Å². The van der Waals surface area contributed by atoms with Crippen molar-refractivity contribution in [2.45, 2.75) is 6.92 Å². The number of benzene rings is 1. The molecule has 0 radical (unpaired) electrons. The molecule has 1 aromatic carbocycles. The summed E-state index contributed by atoms with van der Waals surface area (Å²) in [6, 6.07) is 6.88. The summed E-state index contributed by atoms with van der Waals surface area (Å²) in [6.45, 7) is 3.84. The van der Waals surface area contributed by atoms with Gasteiger partial charge in [-0.25, -0.2) is 4.98 Å². The maximum Gasteiger partial charge on any atom is 0.295 e. The highest BCUT2D eigenvalue weighted by atomic mass is 16.6. The predicted octanol–water partition coefficient (Wildman–Crippen LogP) is 2.41. The molecule has 1 aromatic heterocycles. The van der Waals surface area contributed by atoms with E-state index in [1.165, 1.54) is 6.07 Å². The first kappa shape index (κ1) is 14.2. The van der Waals surface area contributed by atoms with Crippen molar-refractivity contribution in [3.05, 3.63) is 40.6 Å². The topological polar surface area (TPSA) is 80.1 Å². The van der Waals surface area contributed by atoms with E-state index in [2.05, 4.69) is 22.5 Å². The predicted molar refractivity (Wildman–Crippen MR) is 80.0 cm³/mol. The van der Waals surface area contributed by atoms with Crippen LogP contribution in [0.5, 0.6) is 0 Å². The van der Waals surface area contributed by atoms with E-state index in [1.54, 1.807) is 18.3 Å². The van der Waals surface area contributed by atoms with Crippen LogP contribution in [0.25, 0.3) is 10.9 Å². The van der Waals surface area contributed by atoms with Crippen LogP contribution in [-0.4, -0.2) is 30.0 Å². The molecule has 2 aromatic rings. The molecule has 1 unspecified atom stereocenters. The number of non-ortho nitro benzene ring substituents is 1. The van der Waals surface area contributed by atoms with Crippen molar-refractivity contribution in [3.63, 3.8) is 0 Å². The number of rotatable bonds is 6. The van der Waals surface area contributed by atoms with Crippen LogP contribution >= 0.6 is 0 Å². The van der Waals surface area contributed by atoms with Gasteiger partial charge in [0.25, 0.3) is 5.69 Å². The number of nitrogens with one attached hydrogen (secondary N) is 2. The highest BCUT2D eigenvalue weighted by Gasteiger charge is 2.15. The maximum absolute atomic E-state index is 11.0. The van der Waals surface area contributed by atoms with Crippen molar-refractivity contribution in [2.75, 3.05) is 25.5 Å². The standard InChI is InChI=1S/C14H18N4O2/c1-10(8-15-2)9-17-12-5-6-13(18(19)20)14-11(12)4-3-7-16-14/h3-7,10,15,17H,8-9H2,1-2H3. The Balaban J connectivity index is 2.31. The van der Waals surface area contributed by atoms with Gasteiger partial charge < -0.3 is 10.6 Å². The van der Waals surface area contributed by atoms with Gasteiger partial charge in [0.05, 0.1) is 4.92 Å². The third-order valence-corrected chi connectivity index (χ3v) is 3.14. The molecule has 0 aliphatic heterocycles. The summed E-state index contributed by atoms with van der Waals surface area (Å²) < 4.78 is 0. The van der Waals surface area contributed by atoms with Crippen molar-refractivity contribution < 1.29 is 4.92 Å². The molecule has 106 valence electrons. The second kappa shape index (κ2) is 6.29. The second-order valence-corrected chi connectivity index (χ2v) is 4.83. The van der Waals surface area contributed by atoms with Crippen molar-refractivity contribution in [1.82, 2.24) is 10.3 Å². The SMILES string of the molecule is CNCC(C)CNc1ccc([N+](=O)[O-])c2ncccc12.